The van der Waals surface area contributed by atoms with Gasteiger partial charge in [0.25, 0.3) is 5.91 Å². The highest BCUT2D eigenvalue weighted by Gasteiger charge is 2.20. The summed E-state index contributed by atoms with van der Waals surface area (Å²) in [5.41, 5.74) is 0.455. The Kier molecular flexibility index (Phi) is 4.18. The van der Waals surface area contributed by atoms with Crippen LogP contribution in [0.25, 0.3) is 0 Å². The third-order valence-corrected chi connectivity index (χ3v) is 3.69. The summed E-state index contributed by atoms with van der Waals surface area (Å²) in [4.78, 5) is 18.0. The van der Waals surface area contributed by atoms with E-state index in [0.29, 0.717) is 24.3 Å². The van der Waals surface area contributed by atoms with Crippen molar-refractivity contribution in [2.45, 2.75) is 12.8 Å². The number of aromatic nitrogens is 1. The molecule has 1 saturated heterocycles. The van der Waals surface area contributed by atoms with E-state index in [4.69, 9.17) is 0 Å². The van der Waals surface area contributed by atoms with Crippen LogP contribution in [0.15, 0.2) is 30.6 Å². The van der Waals surface area contributed by atoms with E-state index in [-0.39, 0.29) is 11.6 Å². The number of rotatable bonds is 3. The Hall–Kier alpha value is -2.57. The van der Waals surface area contributed by atoms with E-state index in [0.717, 1.165) is 25.0 Å². The summed E-state index contributed by atoms with van der Waals surface area (Å²) < 4.78 is 39.9. The number of hydrogen-bond donors (Lipinski definition) is 1. The number of carbonyl (C=O) groups excluding carboxylic acids is 1. The fraction of sp³-hybridized carbons (Fsp3) is 0.250. The van der Waals surface area contributed by atoms with E-state index in [9.17, 15) is 18.0 Å². The highest BCUT2D eigenvalue weighted by atomic mass is 19.2. The lowest BCUT2D eigenvalue weighted by Crippen LogP contribution is -2.27. The summed E-state index contributed by atoms with van der Waals surface area (Å²) in [5.74, 6) is -4.28. The minimum atomic E-state index is -1.55. The lowest BCUT2D eigenvalue weighted by atomic mass is 10.2. The topological polar surface area (TPSA) is 45.2 Å². The normalized spacial score (nSPS) is 14.1. The number of nitrogens with zero attached hydrogens (tertiary/aromatic N) is 2. The summed E-state index contributed by atoms with van der Waals surface area (Å²) >= 11 is 0. The van der Waals surface area contributed by atoms with E-state index in [1.54, 1.807) is 4.90 Å². The van der Waals surface area contributed by atoms with Crippen LogP contribution in [0.5, 0.6) is 0 Å². The van der Waals surface area contributed by atoms with Crippen molar-refractivity contribution in [1.29, 1.82) is 0 Å². The van der Waals surface area contributed by atoms with Crippen LogP contribution >= 0.6 is 0 Å². The minimum Gasteiger partial charge on any atom is -0.352 e. The summed E-state index contributed by atoms with van der Waals surface area (Å²) in [6.45, 7) is 1.41. The molecule has 0 saturated carbocycles. The number of nitrogens with one attached hydrogen (secondary N) is 1. The molecule has 1 aliphatic rings. The van der Waals surface area contributed by atoms with Gasteiger partial charge in [-0.2, -0.15) is 0 Å². The number of benzene rings is 1. The lowest BCUT2D eigenvalue weighted by molar-refractivity contribution is 0.0792. The van der Waals surface area contributed by atoms with E-state index in [1.807, 2.05) is 0 Å². The molecule has 1 aromatic heterocycles. The van der Waals surface area contributed by atoms with Crippen molar-refractivity contribution in [3.8, 4) is 0 Å². The largest absolute Gasteiger partial charge is 0.352 e. The molecule has 1 amide bonds. The maximum Gasteiger partial charge on any atom is 0.255 e. The molecule has 7 heteroatoms. The van der Waals surface area contributed by atoms with E-state index in [1.165, 1.54) is 18.5 Å². The van der Waals surface area contributed by atoms with E-state index in [2.05, 4.69) is 10.3 Å². The van der Waals surface area contributed by atoms with Crippen molar-refractivity contribution in [2.24, 2.45) is 0 Å². The van der Waals surface area contributed by atoms with E-state index < -0.39 is 17.5 Å². The number of likely N-dealkylation sites (tertiary alicyclic amines) is 1. The van der Waals surface area contributed by atoms with Gasteiger partial charge in [-0.1, -0.05) is 0 Å². The molecular formula is C16H14F3N3O. The number of amides is 1. The first-order valence-corrected chi connectivity index (χ1v) is 7.21. The van der Waals surface area contributed by atoms with Crippen molar-refractivity contribution >= 4 is 17.3 Å². The number of halogens is 3. The summed E-state index contributed by atoms with van der Waals surface area (Å²) in [7, 11) is 0. The summed E-state index contributed by atoms with van der Waals surface area (Å²) in [6, 6.07) is 3.42. The predicted molar refractivity (Wildman–Crippen MR) is 79.0 cm³/mol. The smallest absolute Gasteiger partial charge is 0.255 e. The molecule has 0 aliphatic carbocycles. The molecule has 2 aromatic rings. The number of hydrogen-bond acceptors (Lipinski definition) is 3. The van der Waals surface area contributed by atoms with Crippen molar-refractivity contribution < 1.29 is 18.0 Å². The molecule has 0 atom stereocenters. The Morgan fingerprint density at radius 1 is 1.09 bits per heavy atom. The van der Waals surface area contributed by atoms with Gasteiger partial charge in [0.1, 0.15) is 0 Å². The molecule has 1 aliphatic heterocycles. The summed E-state index contributed by atoms with van der Waals surface area (Å²) in [6.07, 6.45) is 4.74. The van der Waals surface area contributed by atoms with Crippen LogP contribution in [0.1, 0.15) is 23.2 Å². The second-order valence-electron chi connectivity index (χ2n) is 5.31. The number of pyridine rings is 1. The monoisotopic (exact) mass is 321 g/mol. The minimum absolute atomic E-state index is 0.149. The van der Waals surface area contributed by atoms with Gasteiger partial charge in [-0.25, -0.2) is 13.2 Å². The average molecular weight is 321 g/mol. The first-order chi connectivity index (χ1) is 11.1. The zero-order chi connectivity index (χ0) is 16.4. The Labute approximate surface area is 130 Å². The molecule has 3 rings (SSSR count). The molecule has 0 spiro atoms. The second kappa shape index (κ2) is 6.28. The standard InChI is InChI=1S/C16H14F3N3O/c17-12-3-4-13(15(19)14(12)18)21-11-7-10(8-20-9-11)16(23)22-5-1-2-6-22/h3-4,7-9,21H,1-2,5-6H2. The molecule has 1 N–H and O–H groups in total. The molecule has 0 radical (unpaired) electrons. The van der Waals surface area contributed by atoms with Gasteiger partial charge in [-0.15, -0.1) is 0 Å². The molecule has 1 aromatic carbocycles. The van der Waals surface area contributed by atoms with Gasteiger partial charge in [0.15, 0.2) is 17.5 Å². The maximum absolute atomic E-state index is 13.7. The quantitative estimate of drug-likeness (QED) is 0.880. The van der Waals surface area contributed by atoms with Gasteiger partial charge < -0.3 is 10.2 Å². The van der Waals surface area contributed by atoms with Crippen molar-refractivity contribution in [3.63, 3.8) is 0 Å². The third-order valence-electron chi connectivity index (χ3n) is 3.69. The van der Waals surface area contributed by atoms with Crippen molar-refractivity contribution in [1.82, 2.24) is 9.88 Å². The van der Waals surface area contributed by atoms with Crippen LogP contribution in [0, 0.1) is 17.5 Å². The number of anilines is 2. The molecule has 4 nitrogen and oxygen atoms in total. The lowest BCUT2D eigenvalue weighted by Gasteiger charge is -2.15. The van der Waals surface area contributed by atoms with Crippen molar-refractivity contribution in [2.75, 3.05) is 18.4 Å². The maximum atomic E-state index is 13.7. The van der Waals surface area contributed by atoms with Crippen LogP contribution in [0.3, 0.4) is 0 Å². The molecule has 0 bridgehead atoms. The first kappa shape index (κ1) is 15.3. The van der Waals surface area contributed by atoms with Gasteiger partial charge in [0.2, 0.25) is 0 Å². The molecular weight excluding hydrogens is 307 g/mol. The van der Waals surface area contributed by atoms with Gasteiger partial charge in [-0.05, 0) is 31.0 Å². The van der Waals surface area contributed by atoms with E-state index >= 15 is 0 Å². The van der Waals surface area contributed by atoms with Crippen LogP contribution in [-0.4, -0.2) is 28.9 Å². The zero-order valence-electron chi connectivity index (χ0n) is 12.2. The molecule has 23 heavy (non-hydrogen) atoms. The fourth-order valence-corrected chi connectivity index (χ4v) is 2.51. The predicted octanol–water partition coefficient (Wildman–Crippen LogP) is 3.48. The van der Waals surface area contributed by atoms with Gasteiger partial charge in [0.05, 0.1) is 23.1 Å². The summed E-state index contributed by atoms with van der Waals surface area (Å²) in [5, 5.41) is 2.61. The SMILES string of the molecule is O=C(c1cncc(Nc2ccc(F)c(F)c2F)c1)N1CCCC1. The highest BCUT2D eigenvalue weighted by molar-refractivity contribution is 5.95. The Morgan fingerprint density at radius 3 is 2.57 bits per heavy atom. The molecule has 0 unspecified atom stereocenters. The van der Waals surface area contributed by atoms with Gasteiger partial charge in [0, 0.05) is 19.3 Å². The third kappa shape index (κ3) is 3.13. The second-order valence-corrected chi connectivity index (χ2v) is 5.31. The van der Waals surface area contributed by atoms with Crippen LogP contribution in [0.4, 0.5) is 24.5 Å². The zero-order valence-corrected chi connectivity index (χ0v) is 12.2. The highest BCUT2D eigenvalue weighted by Crippen LogP contribution is 2.24. The van der Waals surface area contributed by atoms with Crippen LogP contribution < -0.4 is 5.32 Å². The molecule has 120 valence electrons. The molecule has 2 heterocycles. The van der Waals surface area contributed by atoms with Gasteiger partial charge in [-0.3, -0.25) is 9.78 Å². The van der Waals surface area contributed by atoms with Crippen molar-refractivity contribution in [3.05, 3.63) is 53.6 Å². The number of carbonyl (C=O) groups is 1. The molecule has 1 fully saturated rings. The Morgan fingerprint density at radius 2 is 1.83 bits per heavy atom. The Bertz CT molecular complexity index is 745. The fourth-order valence-electron chi connectivity index (χ4n) is 2.51. The van der Waals surface area contributed by atoms with Crippen LogP contribution in [0.2, 0.25) is 0 Å². The van der Waals surface area contributed by atoms with Gasteiger partial charge >= 0.3 is 0 Å². The van der Waals surface area contributed by atoms with Crippen LogP contribution in [-0.2, 0) is 0 Å². The average Bonchev–Trinajstić information content (AvgIpc) is 3.09. The first-order valence-electron chi connectivity index (χ1n) is 7.21. The Balaban J connectivity index is 1.83.